The summed E-state index contributed by atoms with van der Waals surface area (Å²) < 4.78 is 1.77. The van der Waals surface area contributed by atoms with Gasteiger partial charge in [0.15, 0.2) is 0 Å². The molecule has 0 aliphatic heterocycles. The van der Waals surface area contributed by atoms with E-state index in [1.54, 1.807) is 10.7 Å². The molecule has 0 radical (unpaired) electrons. The van der Waals surface area contributed by atoms with Gasteiger partial charge in [-0.15, -0.1) is 0 Å². The predicted molar refractivity (Wildman–Crippen MR) is 84.1 cm³/mol. The van der Waals surface area contributed by atoms with Gasteiger partial charge in [-0.25, -0.2) is 0 Å². The van der Waals surface area contributed by atoms with Crippen LogP contribution in [0.3, 0.4) is 0 Å². The third kappa shape index (κ3) is 4.56. The summed E-state index contributed by atoms with van der Waals surface area (Å²) in [5.41, 5.74) is 0.426. The van der Waals surface area contributed by atoms with Crippen LogP contribution in [0.5, 0.6) is 0 Å². The highest BCUT2D eigenvalue weighted by Gasteiger charge is 2.28. The quantitative estimate of drug-likeness (QED) is 0.812. The van der Waals surface area contributed by atoms with E-state index in [9.17, 15) is 9.90 Å². The number of rotatable bonds is 7. The van der Waals surface area contributed by atoms with E-state index in [4.69, 9.17) is 0 Å². The second kappa shape index (κ2) is 7.59. The number of amides is 1. The molecular formula is C16H29N3O2. The first-order chi connectivity index (χ1) is 9.77. The highest BCUT2D eigenvalue weighted by Crippen LogP contribution is 2.21. The third-order valence-corrected chi connectivity index (χ3v) is 3.91. The maximum atomic E-state index is 12.4. The van der Waals surface area contributed by atoms with Crippen molar-refractivity contribution in [3.8, 4) is 0 Å². The molecule has 0 fully saturated rings. The lowest BCUT2D eigenvalue weighted by Crippen LogP contribution is -2.47. The number of hydrogen-bond donors (Lipinski definition) is 2. The molecule has 120 valence electrons. The first kappa shape index (κ1) is 17.7. The molecule has 0 saturated heterocycles. The number of aromatic nitrogens is 2. The first-order valence-electron chi connectivity index (χ1n) is 7.74. The minimum atomic E-state index is -0.174. The first-order valence-corrected chi connectivity index (χ1v) is 7.74. The van der Waals surface area contributed by atoms with Gasteiger partial charge in [0.05, 0.1) is 0 Å². The van der Waals surface area contributed by atoms with Gasteiger partial charge in [-0.3, -0.25) is 9.48 Å². The fourth-order valence-corrected chi connectivity index (χ4v) is 2.48. The normalized spacial score (nSPS) is 14.8. The molecule has 5 nitrogen and oxygen atoms in total. The number of aliphatic hydroxyl groups is 1. The number of carbonyl (C=O) groups is 1. The molecule has 1 amide bonds. The zero-order chi connectivity index (χ0) is 16.2. The SMILES string of the molecule is CC(C)[C@@H](CO)[C@@H](NC(=O)c1ccn(C(C)C)n1)C(C)C. The van der Waals surface area contributed by atoms with Crippen LogP contribution in [0.15, 0.2) is 12.3 Å². The fourth-order valence-electron chi connectivity index (χ4n) is 2.48. The predicted octanol–water partition coefficient (Wildman–Crippen LogP) is 2.48. The third-order valence-electron chi connectivity index (χ3n) is 3.91. The summed E-state index contributed by atoms with van der Waals surface area (Å²) in [6.45, 7) is 12.4. The largest absolute Gasteiger partial charge is 0.396 e. The molecule has 0 saturated carbocycles. The molecule has 1 rings (SSSR count). The van der Waals surface area contributed by atoms with Gasteiger partial charge in [0, 0.05) is 30.8 Å². The Morgan fingerprint density at radius 2 is 1.86 bits per heavy atom. The highest BCUT2D eigenvalue weighted by molar-refractivity contribution is 5.92. The molecular weight excluding hydrogens is 266 g/mol. The van der Waals surface area contributed by atoms with E-state index in [1.807, 2.05) is 20.0 Å². The summed E-state index contributed by atoms with van der Waals surface area (Å²) in [6, 6.07) is 1.90. The topological polar surface area (TPSA) is 67.2 Å². The molecule has 1 heterocycles. The Morgan fingerprint density at radius 1 is 1.24 bits per heavy atom. The lowest BCUT2D eigenvalue weighted by Gasteiger charge is -2.32. The van der Waals surface area contributed by atoms with Gasteiger partial charge in [0.25, 0.3) is 5.91 Å². The molecule has 21 heavy (non-hydrogen) atoms. The molecule has 0 aromatic carbocycles. The number of nitrogens with one attached hydrogen (secondary N) is 1. The Hall–Kier alpha value is -1.36. The lowest BCUT2D eigenvalue weighted by molar-refractivity contribution is 0.0827. The minimum absolute atomic E-state index is 0.0427. The van der Waals surface area contributed by atoms with Crippen LogP contribution >= 0.6 is 0 Å². The molecule has 0 bridgehead atoms. The summed E-state index contributed by atoms with van der Waals surface area (Å²) in [7, 11) is 0. The van der Waals surface area contributed by atoms with Gasteiger partial charge in [-0.1, -0.05) is 27.7 Å². The van der Waals surface area contributed by atoms with Gasteiger partial charge in [-0.05, 0) is 31.7 Å². The van der Waals surface area contributed by atoms with Crippen LogP contribution in [0, 0.1) is 17.8 Å². The van der Waals surface area contributed by atoms with Crippen LogP contribution in [0.2, 0.25) is 0 Å². The molecule has 0 unspecified atom stereocenters. The van der Waals surface area contributed by atoms with E-state index >= 15 is 0 Å². The van der Waals surface area contributed by atoms with Crippen LogP contribution in [0.25, 0.3) is 0 Å². The Kier molecular flexibility index (Phi) is 6.40. The summed E-state index contributed by atoms with van der Waals surface area (Å²) in [5, 5.41) is 16.9. The summed E-state index contributed by atoms with van der Waals surface area (Å²) >= 11 is 0. The molecule has 2 atom stereocenters. The van der Waals surface area contributed by atoms with Crippen LogP contribution in [0.4, 0.5) is 0 Å². The Bertz CT molecular complexity index is 452. The molecule has 5 heteroatoms. The molecule has 1 aromatic rings. The maximum absolute atomic E-state index is 12.4. The van der Waals surface area contributed by atoms with E-state index in [1.165, 1.54) is 0 Å². The van der Waals surface area contributed by atoms with Crippen molar-refractivity contribution in [3.63, 3.8) is 0 Å². The summed E-state index contributed by atoms with van der Waals surface area (Å²) in [4.78, 5) is 12.4. The van der Waals surface area contributed by atoms with Gasteiger partial charge in [0.2, 0.25) is 0 Å². The van der Waals surface area contributed by atoms with E-state index in [0.717, 1.165) is 0 Å². The van der Waals surface area contributed by atoms with Gasteiger partial charge < -0.3 is 10.4 Å². The summed E-state index contributed by atoms with van der Waals surface area (Å²) in [6.07, 6.45) is 1.82. The number of aliphatic hydroxyl groups excluding tert-OH is 1. The smallest absolute Gasteiger partial charge is 0.272 e. The van der Waals surface area contributed by atoms with Gasteiger partial charge in [0.1, 0.15) is 5.69 Å². The Labute approximate surface area is 127 Å². The van der Waals surface area contributed by atoms with E-state index in [-0.39, 0.29) is 36.4 Å². The number of hydrogen-bond acceptors (Lipinski definition) is 3. The molecule has 1 aromatic heterocycles. The monoisotopic (exact) mass is 295 g/mol. The van der Waals surface area contributed by atoms with Crippen molar-refractivity contribution in [2.45, 2.75) is 53.6 Å². The molecule has 0 aliphatic carbocycles. The van der Waals surface area contributed by atoms with Crippen molar-refractivity contribution in [3.05, 3.63) is 18.0 Å². The van der Waals surface area contributed by atoms with Crippen LogP contribution < -0.4 is 5.32 Å². The van der Waals surface area contributed by atoms with Crippen molar-refractivity contribution < 1.29 is 9.90 Å². The van der Waals surface area contributed by atoms with E-state index in [2.05, 4.69) is 38.1 Å². The van der Waals surface area contributed by atoms with Crippen molar-refractivity contribution in [2.24, 2.45) is 17.8 Å². The average molecular weight is 295 g/mol. The Balaban J connectivity index is 2.85. The Morgan fingerprint density at radius 3 is 2.24 bits per heavy atom. The molecule has 0 spiro atoms. The number of nitrogens with zero attached hydrogens (tertiary/aromatic N) is 2. The van der Waals surface area contributed by atoms with Crippen LogP contribution in [-0.2, 0) is 0 Å². The zero-order valence-electron chi connectivity index (χ0n) is 14.0. The lowest BCUT2D eigenvalue weighted by atomic mass is 9.83. The van der Waals surface area contributed by atoms with Crippen molar-refractivity contribution in [1.29, 1.82) is 0 Å². The zero-order valence-corrected chi connectivity index (χ0v) is 14.0. The standard InChI is InChI=1S/C16H29N3O2/c1-10(2)13(9-20)15(11(3)4)17-16(21)14-7-8-19(18-14)12(5)6/h7-8,10-13,15,20H,9H2,1-6H3,(H,17,21)/t13-,15+/m1/s1. The van der Waals surface area contributed by atoms with Crippen LogP contribution in [0.1, 0.15) is 58.1 Å². The van der Waals surface area contributed by atoms with Gasteiger partial charge in [-0.2, -0.15) is 5.10 Å². The fraction of sp³-hybridized carbons (Fsp3) is 0.750. The van der Waals surface area contributed by atoms with E-state index < -0.39 is 0 Å². The highest BCUT2D eigenvalue weighted by atomic mass is 16.3. The number of carbonyl (C=O) groups excluding carboxylic acids is 1. The van der Waals surface area contributed by atoms with Crippen LogP contribution in [-0.4, -0.2) is 33.4 Å². The van der Waals surface area contributed by atoms with Crippen molar-refractivity contribution >= 4 is 5.91 Å². The molecule has 2 N–H and O–H groups in total. The molecule has 0 aliphatic rings. The summed E-state index contributed by atoms with van der Waals surface area (Å²) in [5.74, 6) is 0.421. The average Bonchev–Trinajstić information content (AvgIpc) is 2.87. The van der Waals surface area contributed by atoms with Crippen molar-refractivity contribution in [2.75, 3.05) is 6.61 Å². The van der Waals surface area contributed by atoms with Crippen molar-refractivity contribution in [1.82, 2.24) is 15.1 Å². The minimum Gasteiger partial charge on any atom is -0.396 e. The second-order valence-electron chi connectivity index (χ2n) is 6.61. The second-order valence-corrected chi connectivity index (χ2v) is 6.61. The van der Waals surface area contributed by atoms with E-state index in [0.29, 0.717) is 11.6 Å². The van der Waals surface area contributed by atoms with Gasteiger partial charge >= 0.3 is 0 Å². The maximum Gasteiger partial charge on any atom is 0.272 e.